The highest BCUT2D eigenvalue weighted by molar-refractivity contribution is 7.89. The summed E-state index contributed by atoms with van der Waals surface area (Å²) in [5.41, 5.74) is 1.01. The van der Waals surface area contributed by atoms with Gasteiger partial charge in [0.05, 0.1) is 11.5 Å². The molecule has 0 spiro atoms. The number of nitrogens with one attached hydrogen (secondary N) is 1. The second kappa shape index (κ2) is 10.0. The first-order chi connectivity index (χ1) is 14.0. The predicted octanol–water partition coefficient (Wildman–Crippen LogP) is 2.72. The van der Waals surface area contributed by atoms with Gasteiger partial charge in [-0.2, -0.15) is 0 Å². The summed E-state index contributed by atoms with van der Waals surface area (Å²) in [5, 5.41) is 0. The van der Waals surface area contributed by atoms with Gasteiger partial charge in [-0.1, -0.05) is 6.92 Å². The lowest BCUT2D eigenvalue weighted by Gasteiger charge is -2.36. The minimum atomic E-state index is -3.53. The molecule has 29 heavy (non-hydrogen) atoms. The molecule has 6 nitrogen and oxygen atoms in total. The number of hydrogen-bond acceptors (Lipinski definition) is 5. The van der Waals surface area contributed by atoms with Gasteiger partial charge in [-0.25, -0.2) is 17.5 Å². The zero-order valence-corrected chi connectivity index (χ0v) is 17.5. The van der Waals surface area contributed by atoms with Crippen LogP contribution in [0.1, 0.15) is 13.3 Å². The molecule has 8 heteroatoms. The van der Waals surface area contributed by atoms with Gasteiger partial charge >= 0.3 is 0 Å². The highest BCUT2D eigenvalue weighted by Crippen LogP contribution is 2.17. The van der Waals surface area contributed by atoms with E-state index in [0.717, 1.165) is 38.3 Å². The molecule has 0 radical (unpaired) electrons. The van der Waals surface area contributed by atoms with E-state index in [-0.39, 0.29) is 10.7 Å². The third kappa shape index (κ3) is 6.16. The van der Waals surface area contributed by atoms with Crippen LogP contribution in [0.2, 0.25) is 0 Å². The average Bonchev–Trinajstić information content (AvgIpc) is 2.73. The smallest absolute Gasteiger partial charge is 0.240 e. The molecule has 3 rings (SSSR count). The molecular weight excluding hydrogens is 393 g/mol. The summed E-state index contributed by atoms with van der Waals surface area (Å²) >= 11 is 0. The van der Waals surface area contributed by atoms with Gasteiger partial charge in [0.1, 0.15) is 11.6 Å². The molecule has 1 heterocycles. The van der Waals surface area contributed by atoms with Crippen molar-refractivity contribution in [2.75, 3.05) is 50.8 Å². The topological polar surface area (TPSA) is 61.9 Å². The average molecular weight is 422 g/mol. The molecule has 2 aromatic carbocycles. The number of benzene rings is 2. The summed E-state index contributed by atoms with van der Waals surface area (Å²) in [5.74, 6) is 0.438. The van der Waals surface area contributed by atoms with Crippen LogP contribution < -0.4 is 14.4 Å². The number of anilines is 1. The first-order valence-electron chi connectivity index (χ1n) is 9.93. The van der Waals surface area contributed by atoms with Crippen molar-refractivity contribution in [1.29, 1.82) is 0 Å². The first-order valence-corrected chi connectivity index (χ1v) is 11.4. The number of hydrogen-bond donors (Lipinski definition) is 1. The third-order valence-corrected chi connectivity index (χ3v) is 6.37. The Labute approximate surface area is 172 Å². The van der Waals surface area contributed by atoms with Crippen LogP contribution >= 0.6 is 0 Å². The van der Waals surface area contributed by atoms with Gasteiger partial charge in [0, 0.05) is 45.0 Å². The maximum Gasteiger partial charge on any atom is 0.240 e. The summed E-state index contributed by atoms with van der Waals surface area (Å²) in [6.45, 7) is 6.96. The van der Waals surface area contributed by atoms with E-state index in [1.165, 1.54) is 12.1 Å². The van der Waals surface area contributed by atoms with Crippen molar-refractivity contribution in [2.24, 2.45) is 0 Å². The molecular formula is C21H28FN3O3S. The summed E-state index contributed by atoms with van der Waals surface area (Å²) in [6.07, 6.45) is 0.903. The van der Waals surface area contributed by atoms with Crippen LogP contribution in [0.25, 0.3) is 0 Å². The molecule has 0 aliphatic carbocycles. The van der Waals surface area contributed by atoms with Gasteiger partial charge in [-0.3, -0.25) is 4.90 Å². The molecule has 2 aromatic rings. The van der Waals surface area contributed by atoms with Crippen molar-refractivity contribution >= 4 is 15.7 Å². The Morgan fingerprint density at radius 1 is 1.00 bits per heavy atom. The van der Waals surface area contributed by atoms with E-state index >= 15 is 0 Å². The van der Waals surface area contributed by atoms with Gasteiger partial charge in [0.15, 0.2) is 0 Å². The van der Waals surface area contributed by atoms with Gasteiger partial charge in [0.25, 0.3) is 0 Å². The molecule has 0 bridgehead atoms. The van der Waals surface area contributed by atoms with Gasteiger partial charge < -0.3 is 9.64 Å². The van der Waals surface area contributed by atoms with Gasteiger partial charge in [0.2, 0.25) is 10.0 Å². The van der Waals surface area contributed by atoms with Gasteiger partial charge in [-0.05, 0) is 55.0 Å². The lowest BCUT2D eigenvalue weighted by atomic mass is 10.2. The monoisotopic (exact) mass is 421 g/mol. The molecule has 0 aromatic heterocycles. The maximum absolute atomic E-state index is 13.1. The minimum Gasteiger partial charge on any atom is -0.494 e. The van der Waals surface area contributed by atoms with Crippen LogP contribution in [-0.2, 0) is 10.0 Å². The number of halogens is 1. The van der Waals surface area contributed by atoms with E-state index in [1.54, 1.807) is 36.4 Å². The molecule has 0 amide bonds. The van der Waals surface area contributed by atoms with E-state index in [4.69, 9.17) is 4.74 Å². The molecule has 1 N–H and O–H groups in total. The number of nitrogens with zero attached hydrogens (tertiary/aromatic N) is 2. The van der Waals surface area contributed by atoms with Crippen molar-refractivity contribution < 1.29 is 17.5 Å². The van der Waals surface area contributed by atoms with Crippen LogP contribution in [0.15, 0.2) is 53.4 Å². The van der Waals surface area contributed by atoms with Crippen LogP contribution in [0.3, 0.4) is 0 Å². The molecule has 1 fully saturated rings. The summed E-state index contributed by atoms with van der Waals surface area (Å²) in [6, 6.07) is 13.0. The Hall–Kier alpha value is -2.16. The van der Waals surface area contributed by atoms with Crippen molar-refractivity contribution in [3.05, 3.63) is 54.3 Å². The molecule has 1 saturated heterocycles. The fourth-order valence-corrected chi connectivity index (χ4v) is 4.26. The molecule has 0 unspecified atom stereocenters. The standard InChI is InChI=1S/C21H28FN3O3S/c1-2-17-28-20-7-9-21(10-8-20)29(26,27)23-11-12-24-13-15-25(16-14-24)19-5-3-18(22)4-6-19/h3-10,23H,2,11-17H2,1H3. The van der Waals surface area contributed by atoms with Crippen LogP contribution in [0, 0.1) is 5.82 Å². The second-order valence-electron chi connectivity index (χ2n) is 7.02. The third-order valence-electron chi connectivity index (χ3n) is 4.89. The summed E-state index contributed by atoms with van der Waals surface area (Å²) in [7, 11) is -3.53. The minimum absolute atomic E-state index is 0.234. The van der Waals surface area contributed by atoms with E-state index in [2.05, 4.69) is 14.5 Å². The van der Waals surface area contributed by atoms with E-state index in [9.17, 15) is 12.8 Å². The zero-order chi connectivity index (χ0) is 20.7. The van der Waals surface area contributed by atoms with Crippen LogP contribution in [0.4, 0.5) is 10.1 Å². The Morgan fingerprint density at radius 2 is 1.66 bits per heavy atom. The number of piperazine rings is 1. The van der Waals surface area contributed by atoms with Crippen molar-refractivity contribution in [3.63, 3.8) is 0 Å². The molecule has 0 saturated carbocycles. The van der Waals surface area contributed by atoms with Crippen molar-refractivity contribution in [3.8, 4) is 5.75 Å². The maximum atomic E-state index is 13.1. The zero-order valence-electron chi connectivity index (χ0n) is 16.7. The van der Waals surface area contributed by atoms with Crippen LogP contribution in [-0.4, -0.2) is 59.2 Å². The Morgan fingerprint density at radius 3 is 2.28 bits per heavy atom. The highest BCUT2D eigenvalue weighted by Gasteiger charge is 2.18. The first kappa shape index (κ1) is 21.5. The SMILES string of the molecule is CCCOc1ccc(S(=O)(=O)NCCN2CCN(c3ccc(F)cc3)CC2)cc1. The largest absolute Gasteiger partial charge is 0.494 e. The summed E-state index contributed by atoms with van der Waals surface area (Å²) < 4.78 is 46.1. The number of rotatable bonds is 9. The Kier molecular flexibility index (Phi) is 7.46. The fraction of sp³-hybridized carbons (Fsp3) is 0.429. The Balaban J connectivity index is 1.43. The van der Waals surface area contributed by atoms with Crippen molar-refractivity contribution in [1.82, 2.24) is 9.62 Å². The van der Waals surface area contributed by atoms with Gasteiger partial charge in [-0.15, -0.1) is 0 Å². The lowest BCUT2D eigenvalue weighted by molar-refractivity contribution is 0.262. The normalized spacial score (nSPS) is 15.4. The second-order valence-corrected chi connectivity index (χ2v) is 8.79. The molecule has 1 aliphatic heterocycles. The molecule has 158 valence electrons. The molecule has 0 atom stereocenters. The van der Waals surface area contributed by atoms with E-state index in [1.807, 2.05) is 6.92 Å². The Bertz CT molecular complexity index is 865. The number of ether oxygens (including phenoxy) is 1. The predicted molar refractivity (Wildman–Crippen MR) is 112 cm³/mol. The summed E-state index contributed by atoms with van der Waals surface area (Å²) in [4.78, 5) is 4.68. The highest BCUT2D eigenvalue weighted by atomic mass is 32.2. The van der Waals surface area contributed by atoms with E-state index < -0.39 is 10.0 Å². The quantitative estimate of drug-likeness (QED) is 0.675. The fourth-order valence-electron chi connectivity index (χ4n) is 3.24. The number of sulfonamides is 1. The van der Waals surface area contributed by atoms with Crippen molar-refractivity contribution in [2.45, 2.75) is 18.2 Å². The van der Waals surface area contributed by atoms with E-state index in [0.29, 0.717) is 25.4 Å². The lowest BCUT2D eigenvalue weighted by Crippen LogP contribution is -2.48. The van der Waals surface area contributed by atoms with Crippen LogP contribution in [0.5, 0.6) is 5.75 Å². The molecule has 1 aliphatic rings.